The normalized spacial score (nSPS) is 34.5. The molecular weight excluding hydrogens is 405 g/mol. The minimum atomic E-state index is -1.37. The summed E-state index contributed by atoms with van der Waals surface area (Å²) in [5, 5.41) is 4.97. The van der Waals surface area contributed by atoms with Crippen LogP contribution in [0.25, 0.3) is 0 Å². The summed E-state index contributed by atoms with van der Waals surface area (Å²) >= 11 is 0.915. The molecule has 2 aromatic carbocycles. The van der Waals surface area contributed by atoms with Gasteiger partial charge in [-0.15, -0.1) is 0 Å². The van der Waals surface area contributed by atoms with Gasteiger partial charge in [-0.1, -0.05) is 30.3 Å². The van der Waals surface area contributed by atoms with Crippen molar-refractivity contribution in [1.82, 2.24) is 10.2 Å². The third-order valence-corrected chi connectivity index (χ3v) is 8.36. The van der Waals surface area contributed by atoms with Crippen LogP contribution >= 0.6 is 11.8 Å². The van der Waals surface area contributed by atoms with Gasteiger partial charge in [0.1, 0.15) is 10.6 Å². The van der Waals surface area contributed by atoms with Gasteiger partial charge in [0.15, 0.2) is 5.54 Å². The number of hydrogen-bond donors (Lipinski definition) is 2. The zero-order valence-corrected chi connectivity index (χ0v) is 16.7. The van der Waals surface area contributed by atoms with Gasteiger partial charge < -0.3 is 5.32 Å². The fourth-order valence-electron chi connectivity index (χ4n) is 6.13. The van der Waals surface area contributed by atoms with Gasteiger partial charge in [-0.05, 0) is 54.9 Å². The van der Waals surface area contributed by atoms with Crippen molar-refractivity contribution in [2.75, 3.05) is 11.9 Å². The summed E-state index contributed by atoms with van der Waals surface area (Å²) in [6.45, 7) is 0.647. The summed E-state index contributed by atoms with van der Waals surface area (Å²) in [6, 6.07) is 13.4. The smallest absolute Gasteiger partial charge is 0.286 e. The van der Waals surface area contributed by atoms with Crippen LogP contribution in [0.3, 0.4) is 0 Å². The Kier molecular flexibility index (Phi) is 3.57. The van der Waals surface area contributed by atoms with Crippen molar-refractivity contribution in [3.63, 3.8) is 0 Å². The monoisotopic (exact) mass is 423 g/mol. The zero-order chi connectivity index (χ0) is 20.7. The van der Waals surface area contributed by atoms with Crippen molar-refractivity contribution in [2.45, 2.75) is 35.1 Å². The maximum absolute atomic E-state index is 13.7. The first-order valence-electron chi connectivity index (χ1n) is 9.98. The Hall–Kier alpha value is -2.71. The number of para-hydroxylation sites is 1. The Bertz CT molecular complexity index is 1120. The van der Waals surface area contributed by atoms with Crippen LogP contribution in [0, 0.1) is 5.82 Å². The molecule has 0 aliphatic carbocycles. The largest absolute Gasteiger partial charge is 0.324 e. The second kappa shape index (κ2) is 5.92. The van der Waals surface area contributed by atoms with E-state index in [1.54, 1.807) is 12.1 Å². The summed E-state index contributed by atoms with van der Waals surface area (Å²) < 4.78 is 12.3. The molecule has 6 rings (SSSR count). The molecule has 4 aliphatic rings. The highest BCUT2D eigenvalue weighted by molar-refractivity contribution is 8.16. The molecule has 0 unspecified atom stereocenters. The van der Waals surface area contributed by atoms with E-state index < -0.39 is 27.4 Å². The predicted molar refractivity (Wildman–Crippen MR) is 109 cm³/mol. The maximum atomic E-state index is 13.7. The standard InChI is InChI=1S/C22H18FN3O3S/c23-13-9-7-12(8-10-13)17-16-6-3-11-26(16)21(22(17)19(28)25-20(29)30-22)14-4-1-2-5-15(14)24-18(21)27/h1-2,4-5,7-10,16-17H,3,6,11H2,(H,24,27)(H,25,28,29)/t16-,17-,21-,22+/m1/s1. The van der Waals surface area contributed by atoms with E-state index in [4.69, 9.17) is 0 Å². The molecule has 8 heteroatoms. The summed E-state index contributed by atoms with van der Waals surface area (Å²) in [4.78, 5) is 42.0. The number of nitrogens with zero attached hydrogens (tertiary/aromatic N) is 1. The highest BCUT2D eigenvalue weighted by Gasteiger charge is 2.80. The number of thioether (sulfide) groups is 1. The molecule has 3 amide bonds. The van der Waals surface area contributed by atoms with Gasteiger partial charge in [-0.2, -0.15) is 0 Å². The first-order chi connectivity index (χ1) is 14.5. The van der Waals surface area contributed by atoms with E-state index in [9.17, 15) is 18.8 Å². The molecule has 0 saturated carbocycles. The number of carbonyl (C=O) groups excluding carboxylic acids is 3. The van der Waals surface area contributed by atoms with E-state index in [-0.39, 0.29) is 17.8 Å². The summed E-state index contributed by atoms with van der Waals surface area (Å²) in [5.41, 5.74) is 0.855. The summed E-state index contributed by atoms with van der Waals surface area (Å²) in [6.07, 6.45) is 1.68. The van der Waals surface area contributed by atoms with Gasteiger partial charge in [0.25, 0.3) is 11.1 Å². The zero-order valence-electron chi connectivity index (χ0n) is 15.9. The molecule has 3 fully saturated rings. The summed E-state index contributed by atoms with van der Waals surface area (Å²) in [7, 11) is 0. The quantitative estimate of drug-likeness (QED) is 0.738. The number of fused-ring (bicyclic) bond motifs is 5. The molecule has 30 heavy (non-hydrogen) atoms. The first-order valence-corrected chi connectivity index (χ1v) is 10.8. The average Bonchev–Trinajstić information content (AvgIpc) is 3.43. The molecule has 2 spiro atoms. The summed E-state index contributed by atoms with van der Waals surface area (Å²) in [5.74, 6) is -1.54. The molecule has 152 valence electrons. The molecule has 2 N–H and O–H groups in total. The van der Waals surface area contributed by atoms with Gasteiger partial charge in [0.2, 0.25) is 5.91 Å². The highest BCUT2D eigenvalue weighted by Crippen LogP contribution is 2.68. The van der Waals surface area contributed by atoms with Gasteiger partial charge in [0, 0.05) is 23.2 Å². The Morgan fingerprint density at radius 3 is 2.50 bits per heavy atom. The molecule has 4 heterocycles. The number of imide groups is 1. The Balaban J connectivity index is 1.69. The topological polar surface area (TPSA) is 78.5 Å². The van der Waals surface area contributed by atoms with Crippen LogP contribution < -0.4 is 10.6 Å². The second-order valence-electron chi connectivity index (χ2n) is 8.22. The number of rotatable bonds is 1. The third kappa shape index (κ3) is 1.91. The van der Waals surface area contributed by atoms with Crippen LogP contribution in [0.2, 0.25) is 0 Å². The van der Waals surface area contributed by atoms with Crippen LogP contribution in [0.1, 0.15) is 29.9 Å². The lowest BCUT2D eigenvalue weighted by atomic mass is 9.70. The minimum Gasteiger partial charge on any atom is -0.324 e. The molecule has 0 bridgehead atoms. The van der Waals surface area contributed by atoms with Crippen molar-refractivity contribution in [3.8, 4) is 0 Å². The Labute approximate surface area is 176 Å². The van der Waals surface area contributed by atoms with Crippen molar-refractivity contribution >= 4 is 34.5 Å². The Morgan fingerprint density at radius 2 is 1.77 bits per heavy atom. The number of benzene rings is 2. The molecule has 2 aromatic rings. The van der Waals surface area contributed by atoms with Crippen molar-refractivity contribution in [3.05, 3.63) is 65.5 Å². The molecule has 0 aromatic heterocycles. The van der Waals surface area contributed by atoms with Crippen molar-refractivity contribution in [1.29, 1.82) is 0 Å². The SMILES string of the molecule is O=C1NC(=O)[C@@]2(S1)[C@H](c1ccc(F)cc1)[C@H]1CCCN1[C@]21C(=O)Nc2ccccc21. The predicted octanol–water partition coefficient (Wildman–Crippen LogP) is 2.96. The lowest BCUT2D eigenvalue weighted by Gasteiger charge is -2.41. The molecule has 6 nitrogen and oxygen atoms in total. The van der Waals surface area contributed by atoms with E-state index in [2.05, 4.69) is 15.5 Å². The molecule has 0 radical (unpaired) electrons. The fourth-order valence-corrected chi connectivity index (χ4v) is 7.60. The van der Waals surface area contributed by atoms with Crippen LogP contribution in [-0.2, 0) is 15.1 Å². The molecule has 4 aliphatic heterocycles. The number of carbonyl (C=O) groups is 3. The van der Waals surface area contributed by atoms with E-state index in [1.807, 2.05) is 24.3 Å². The van der Waals surface area contributed by atoms with Crippen LogP contribution in [0.15, 0.2) is 48.5 Å². The van der Waals surface area contributed by atoms with E-state index in [0.717, 1.165) is 35.7 Å². The number of amides is 3. The molecule has 3 saturated heterocycles. The van der Waals surface area contributed by atoms with Gasteiger partial charge in [-0.3, -0.25) is 24.6 Å². The van der Waals surface area contributed by atoms with Crippen LogP contribution in [-0.4, -0.2) is 39.3 Å². The van der Waals surface area contributed by atoms with Crippen LogP contribution in [0.5, 0.6) is 0 Å². The number of halogens is 1. The first kappa shape index (κ1) is 18.1. The van der Waals surface area contributed by atoms with E-state index in [0.29, 0.717) is 12.2 Å². The van der Waals surface area contributed by atoms with Gasteiger partial charge in [0.05, 0.1) is 0 Å². The number of anilines is 1. The minimum absolute atomic E-state index is 0.114. The highest BCUT2D eigenvalue weighted by atomic mass is 32.2. The van der Waals surface area contributed by atoms with Gasteiger partial charge in [-0.25, -0.2) is 4.39 Å². The van der Waals surface area contributed by atoms with Crippen molar-refractivity contribution in [2.24, 2.45) is 0 Å². The van der Waals surface area contributed by atoms with Crippen molar-refractivity contribution < 1.29 is 18.8 Å². The average molecular weight is 423 g/mol. The van der Waals surface area contributed by atoms with Gasteiger partial charge >= 0.3 is 0 Å². The lowest BCUT2D eigenvalue weighted by molar-refractivity contribution is -0.134. The number of nitrogens with one attached hydrogen (secondary N) is 2. The lowest BCUT2D eigenvalue weighted by Crippen LogP contribution is -2.62. The van der Waals surface area contributed by atoms with E-state index >= 15 is 0 Å². The fraction of sp³-hybridized carbons (Fsp3) is 0.318. The van der Waals surface area contributed by atoms with E-state index in [1.165, 1.54) is 12.1 Å². The Morgan fingerprint density at radius 1 is 1.00 bits per heavy atom. The molecule has 4 atom stereocenters. The third-order valence-electron chi connectivity index (χ3n) is 7.02. The van der Waals surface area contributed by atoms with Crippen LogP contribution in [0.4, 0.5) is 14.9 Å². The number of hydrogen-bond acceptors (Lipinski definition) is 5. The molecular formula is C22H18FN3O3S. The second-order valence-corrected chi connectivity index (χ2v) is 9.44. The maximum Gasteiger partial charge on any atom is 0.286 e.